The number of hydrogen-bond donors (Lipinski definition) is 1. The normalized spacial score (nSPS) is 10.7. The zero-order chi connectivity index (χ0) is 22.9. The molecule has 0 bridgehead atoms. The van der Waals surface area contributed by atoms with E-state index < -0.39 is 11.9 Å². The number of hydrogen-bond acceptors (Lipinski definition) is 7. The molecule has 1 aromatic heterocycles. The number of ether oxygens (including phenoxy) is 3. The highest BCUT2D eigenvalue weighted by molar-refractivity contribution is 7.12. The van der Waals surface area contributed by atoms with Gasteiger partial charge in [-0.05, 0) is 54.3 Å². The van der Waals surface area contributed by atoms with Crippen molar-refractivity contribution in [1.29, 1.82) is 0 Å². The second-order valence-electron chi connectivity index (χ2n) is 6.16. The van der Waals surface area contributed by atoms with Gasteiger partial charge in [-0.15, -0.1) is 11.3 Å². The van der Waals surface area contributed by atoms with E-state index in [1.807, 2.05) is 6.92 Å². The number of rotatable bonds is 9. The Bertz CT molecular complexity index is 1120. The van der Waals surface area contributed by atoms with E-state index >= 15 is 0 Å². The number of carbonyl (C=O) groups excluding carboxylic acids is 2. The van der Waals surface area contributed by atoms with Gasteiger partial charge in [-0.2, -0.15) is 5.10 Å². The van der Waals surface area contributed by atoms with Gasteiger partial charge < -0.3 is 14.2 Å². The minimum absolute atomic E-state index is 0.290. The fourth-order valence-corrected chi connectivity index (χ4v) is 3.38. The van der Waals surface area contributed by atoms with Crippen molar-refractivity contribution in [2.45, 2.75) is 6.92 Å². The molecule has 10 heteroatoms. The molecular weight excluding hydrogens is 475 g/mol. The number of nitrogens with one attached hydrogen (secondary N) is 1. The quantitative estimate of drug-likeness (QED) is 0.192. The van der Waals surface area contributed by atoms with Gasteiger partial charge in [0.25, 0.3) is 5.91 Å². The van der Waals surface area contributed by atoms with E-state index in [0.29, 0.717) is 44.3 Å². The fraction of sp³-hybridized carbons (Fsp3) is 0.136. The van der Waals surface area contributed by atoms with Crippen LogP contribution in [0.4, 0.5) is 0 Å². The average Bonchev–Trinajstić information content (AvgIpc) is 3.31. The van der Waals surface area contributed by atoms with E-state index in [9.17, 15) is 9.59 Å². The van der Waals surface area contributed by atoms with Crippen LogP contribution in [0.5, 0.6) is 17.2 Å². The monoisotopic (exact) mass is 492 g/mol. The van der Waals surface area contributed by atoms with Crippen LogP contribution in [0.15, 0.2) is 59.0 Å². The summed E-state index contributed by atoms with van der Waals surface area (Å²) in [5.41, 5.74) is 2.99. The number of benzene rings is 2. The molecule has 1 N–H and O–H groups in total. The number of hydrazone groups is 1. The molecule has 0 spiro atoms. The van der Waals surface area contributed by atoms with Crippen molar-refractivity contribution in [3.63, 3.8) is 0 Å². The predicted molar refractivity (Wildman–Crippen MR) is 125 cm³/mol. The summed E-state index contributed by atoms with van der Waals surface area (Å²) >= 11 is 13.2. The number of amides is 1. The van der Waals surface area contributed by atoms with Crippen molar-refractivity contribution in [2.75, 3.05) is 13.2 Å². The summed E-state index contributed by atoms with van der Waals surface area (Å²) in [6.45, 7) is 1.90. The van der Waals surface area contributed by atoms with E-state index in [1.54, 1.807) is 47.8 Å². The Kier molecular flexibility index (Phi) is 8.49. The Labute approximate surface area is 198 Å². The molecule has 1 amide bonds. The molecule has 7 nitrogen and oxygen atoms in total. The summed E-state index contributed by atoms with van der Waals surface area (Å²) in [6, 6.07) is 13.1. The summed E-state index contributed by atoms with van der Waals surface area (Å²) in [7, 11) is 0. The minimum Gasteiger partial charge on any atom is -0.490 e. The van der Waals surface area contributed by atoms with Crippen LogP contribution in [0, 0.1) is 0 Å². The van der Waals surface area contributed by atoms with Gasteiger partial charge in [-0.1, -0.05) is 29.3 Å². The first-order chi connectivity index (χ1) is 15.5. The van der Waals surface area contributed by atoms with Crippen molar-refractivity contribution in [2.24, 2.45) is 5.10 Å². The highest BCUT2D eigenvalue weighted by Crippen LogP contribution is 2.29. The first-order valence-corrected chi connectivity index (χ1v) is 11.0. The van der Waals surface area contributed by atoms with E-state index in [2.05, 4.69) is 10.5 Å². The van der Waals surface area contributed by atoms with E-state index in [-0.39, 0.29) is 6.61 Å². The third-order valence-corrected chi connectivity index (χ3v) is 5.24. The highest BCUT2D eigenvalue weighted by atomic mass is 35.5. The molecule has 32 heavy (non-hydrogen) atoms. The maximum atomic E-state index is 12.2. The molecule has 0 fully saturated rings. The zero-order valence-electron chi connectivity index (χ0n) is 16.8. The van der Waals surface area contributed by atoms with Gasteiger partial charge >= 0.3 is 5.97 Å². The third kappa shape index (κ3) is 6.71. The molecule has 2 aromatic carbocycles. The van der Waals surface area contributed by atoms with Crippen LogP contribution in [-0.4, -0.2) is 31.3 Å². The number of thiophene rings is 1. The van der Waals surface area contributed by atoms with Crippen LogP contribution in [0.2, 0.25) is 10.0 Å². The summed E-state index contributed by atoms with van der Waals surface area (Å²) < 4.78 is 16.3. The second kappa shape index (κ2) is 11.5. The van der Waals surface area contributed by atoms with E-state index in [0.717, 1.165) is 0 Å². The molecule has 0 atom stereocenters. The highest BCUT2D eigenvalue weighted by Gasteiger charge is 2.14. The lowest BCUT2D eigenvalue weighted by Gasteiger charge is -2.11. The van der Waals surface area contributed by atoms with Crippen molar-refractivity contribution < 1.29 is 23.8 Å². The Morgan fingerprint density at radius 2 is 1.91 bits per heavy atom. The molecule has 166 valence electrons. The lowest BCUT2D eigenvalue weighted by Crippen LogP contribution is -2.24. The van der Waals surface area contributed by atoms with Gasteiger partial charge in [0.1, 0.15) is 10.6 Å². The Hall–Kier alpha value is -3.07. The first-order valence-electron chi connectivity index (χ1n) is 9.38. The maximum absolute atomic E-state index is 12.2. The number of halogens is 2. The summed E-state index contributed by atoms with van der Waals surface area (Å²) in [4.78, 5) is 24.6. The van der Waals surface area contributed by atoms with Crippen LogP contribution >= 0.6 is 34.5 Å². The second-order valence-corrected chi connectivity index (χ2v) is 7.95. The van der Waals surface area contributed by atoms with Crippen LogP contribution in [0.25, 0.3) is 0 Å². The maximum Gasteiger partial charge on any atom is 0.353 e. The van der Waals surface area contributed by atoms with E-state index in [4.69, 9.17) is 37.4 Å². The van der Waals surface area contributed by atoms with Crippen LogP contribution in [0.1, 0.15) is 22.2 Å². The third-order valence-electron chi connectivity index (χ3n) is 3.85. The molecule has 0 unspecified atom stereocenters. The summed E-state index contributed by atoms with van der Waals surface area (Å²) in [6.07, 6.45) is 1.43. The lowest BCUT2D eigenvalue weighted by molar-refractivity contribution is -0.123. The van der Waals surface area contributed by atoms with Crippen molar-refractivity contribution in [1.82, 2.24) is 5.43 Å². The molecule has 3 rings (SSSR count). The predicted octanol–water partition coefficient (Wildman–Crippen LogP) is 5.20. The van der Waals surface area contributed by atoms with Gasteiger partial charge in [0.15, 0.2) is 18.1 Å². The average molecular weight is 493 g/mol. The topological polar surface area (TPSA) is 86.2 Å². The molecule has 1 heterocycles. The molecular formula is C22H18Cl2N2O5S. The smallest absolute Gasteiger partial charge is 0.353 e. The molecule has 0 aliphatic heterocycles. The molecule has 0 saturated heterocycles. The Balaban J connectivity index is 1.58. The van der Waals surface area contributed by atoms with Gasteiger partial charge in [0, 0.05) is 11.1 Å². The molecule has 0 aliphatic carbocycles. The number of carbonyl (C=O) groups is 2. The Morgan fingerprint density at radius 3 is 2.66 bits per heavy atom. The van der Waals surface area contributed by atoms with Gasteiger partial charge in [-0.25, -0.2) is 10.2 Å². The van der Waals surface area contributed by atoms with Crippen LogP contribution in [0.3, 0.4) is 0 Å². The lowest BCUT2D eigenvalue weighted by atomic mass is 10.2. The fourth-order valence-electron chi connectivity index (χ4n) is 2.44. The minimum atomic E-state index is -0.483. The van der Waals surface area contributed by atoms with Gasteiger partial charge in [0.05, 0.1) is 17.8 Å². The first kappa shape index (κ1) is 23.6. The van der Waals surface area contributed by atoms with Crippen molar-refractivity contribution >= 4 is 52.6 Å². The van der Waals surface area contributed by atoms with Crippen molar-refractivity contribution in [3.05, 3.63) is 74.4 Å². The van der Waals surface area contributed by atoms with Crippen LogP contribution in [-0.2, 0) is 4.79 Å². The van der Waals surface area contributed by atoms with Gasteiger partial charge in [-0.3, -0.25) is 4.79 Å². The number of esters is 1. The molecule has 0 radical (unpaired) electrons. The largest absolute Gasteiger partial charge is 0.490 e. The SMILES string of the molecule is CCOc1cc(C=NNC(=O)COc2cc(Cl)ccc2Cl)ccc1OC(=O)c1cccs1. The number of nitrogens with zero attached hydrogens (tertiary/aromatic N) is 1. The summed E-state index contributed by atoms with van der Waals surface area (Å²) in [5, 5.41) is 6.48. The summed E-state index contributed by atoms with van der Waals surface area (Å²) in [5.74, 6) is 0.0236. The van der Waals surface area contributed by atoms with Crippen LogP contribution < -0.4 is 19.6 Å². The Morgan fingerprint density at radius 1 is 1.06 bits per heavy atom. The van der Waals surface area contributed by atoms with E-state index in [1.165, 1.54) is 23.6 Å². The molecule has 0 aliphatic rings. The standard InChI is InChI=1S/C22H18Cl2N2O5S/c1-2-29-19-10-14(5-8-17(19)31-22(28)20-4-3-9-32-20)12-25-26-21(27)13-30-18-11-15(23)6-7-16(18)24/h3-12H,2,13H2,1H3,(H,26,27). The van der Waals surface area contributed by atoms with Gasteiger partial charge in [0.2, 0.25) is 0 Å². The zero-order valence-corrected chi connectivity index (χ0v) is 19.2. The molecule has 3 aromatic rings. The van der Waals surface area contributed by atoms with Crippen molar-refractivity contribution in [3.8, 4) is 17.2 Å². The molecule has 0 saturated carbocycles.